The van der Waals surface area contributed by atoms with Gasteiger partial charge in [0.25, 0.3) is 5.91 Å². The standard InChI is InChI=1S/C15H13BrClNO2/c1-20-14-7-12(16)6-13(8-14)18-15(19)11-4-2-10(9-17)3-5-11/h2-8H,9H2,1H3,(H,18,19). The lowest BCUT2D eigenvalue weighted by atomic mass is 10.1. The molecule has 2 rings (SSSR count). The van der Waals surface area contributed by atoms with Crippen molar-refractivity contribution in [3.63, 3.8) is 0 Å². The van der Waals surface area contributed by atoms with E-state index in [4.69, 9.17) is 16.3 Å². The van der Waals surface area contributed by atoms with Gasteiger partial charge in [-0.15, -0.1) is 11.6 Å². The number of benzene rings is 2. The first-order chi connectivity index (χ1) is 9.62. The first-order valence-electron chi connectivity index (χ1n) is 5.93. The summed E-state index contributed by atoms with van der Waals surface area (Å²) in [4.78, 5) is 12.1. The van der Waals surface area contributed by atoms with Gasteiger partial charge in [-0.05, 0) is 29.8 Å². The summed E-state index contributed by atoms with van der Waals surface area (Å²) in [7, 11) is 1.58. The summed E-state index contributed by atoms with van der Waals surface area (Å²) in [5.74, 6) is 0.934. The Morgan fingerprint density at radius 3 is 2.55 bits per heavy atom. The SMILES string of the molecule is COc1cc(Br)cc(NC(=O)c2ccc(CCl)cc2)c1. The molecule has 2 aromatic rings. The Labute approximate surface area is 131 Å². The molecule has 0 radical (unpaired) electrons. The molecule has 0 atom stereocenters. The number of rotatable bonds is 4. The van der Waals surface area contributed by atoms with Crippen LogP contribution in [0.1, 0.15) is 15.9 Å². The van der Waals surface area contributed by atoms with Crippen LogP contribution >= 0.6 is 27.5 Å². The lowest BCUT2D eigenvalue weighted by Crippen LogP contribution is -2.11. The van der Waals surface area contributed by atoms with Gasteiger partial charge in [0.05, 0.1) is 7.11 Å². The third-order valence-corrected chi connectivity index (χ3v) is 3.50. The van der Waals surface area contributed by atoms with E-state index in [9.17, 15) is 4.79 Å². The number of amides is 1. The van der Waals surface area contributed by atoms with E-state index in [1.54, 1.807) is 25.3 Å². The topological polar surface area (TPSA) is 38.3 Å². The number of nitrogens with one attached hydrogen (secondary N) is 1. The summed E-state index contributed by atoms with van der Waals surface area (Å²) in [6.45, 7) is 0. The van der Waals surface area contributed by atoms with E-state index in [1.165, 1.54) is 0 Å². The van der Waals surface area contributed by atoms with E-state index in [0.29, 0.717) is 22.9 Å². The third kappa shape index (κ3) is 3.74. The second-order valence-corrected chi connectivity index (χ2v) is 5.35. The molecule has 0 aliphatic rings. The van der Waals surface area contributed by atoms with E-state index in [0.717, 1.165) is 10.0 Å². The Morgan fingerprint density at radius 1 is 1.25 bits per heavy atom. The summed E-state index contributed by atoms with van der Waals surface area (Å²) >= 11 is 9.09. The first kappa shape index (κ1) is 14.9. The molecule has 0 aliphatic heterocycles. The number of ether oxygens (including phenoxy) is 1. The molecule has 104 valence electrons. The van der Waals surface area contributed by atoms with Crippen LogP contribution in [0.4, 0.5) is 5.69 Å². The molecule has 0 saturated heterocycles. The minimum Gasteiger partial charge on any atom is -0.497 e. The Balaban J connectivity index is 2.16. The molecule has 0 saturated carbocycles. The van der Waals surface area contributed by atoms with Crippen molar-refractivity contribution in [2.24, 2.45) is 0 Å². The van der Waals surface area contributed by atoms with Crippen molar-refractivity contribution in [2.75, 3.05) is 12.4 Å². The molecule has 5 heteroatoms. The molecule has 0 heterocycles. The minimum absolute atomic E-state index is 0.175. The van der Waals surface area contributed by atoms with Crippen molar-refractivity contribution in [3.8, 4) is 5.75 Å². The second-order valence-electron chi connectivity index (χ2n) is 4.16. The lowest BCUT2D eigenvalue weighted by molar-refractivity contribution is 0.102. The number of carbonyl (C=O) groups is 1. The van der Waals surface area contributed by atoms with Crippen LogP contribution in [0.25, 0.3) is 0 Å². The molecule has 0 bridgehead atoms. The van der Waals surface area contributed by atoms with Crippen molar-refractivity contribution in [1.82, 2.24) is 0 Å². The maximum Gasteiger partial charge on any atom is 0.255 e. The van der Waals surface area contributed by atoms with Crippen LogP contribution in [0.5, 0.6) is 5.75 Å². The van der Waals surface area contributed by atoms with Gasteiger partial charge in [0.2, 0.25) is 0 Å². The number of carbonyl (C=O) groups excluding carboxylic acids is 1. The lowest BCUT2D eigenvalue weighted by Gasteiger charge is -2.08. The molecular weight excluding hydrogens is 342 g/mol. The molecule has 3 nitrogen and oxygen atoms in total. The van der Waals surface area contributed by atoms with Crippen molar-refractivity contribution in [2.45, 2.75) is 5.88 Å². The average molecular weight is 355 g/mol. The zero-order valence-corrected chi connectivity index (χ0v) is 13.2. The van der Waals surface area contributed by atoms with E-state index < -0.39 is 0 Å². The fraction of sp³-hybridized carbons (Fsp3) is 0.133. The van der Waals surface area contributed by atoms with Crippen LogP contribution in [0, 0.1) is 0 Å². The van der Waals surface area contributed by atoms with Gasteiger partial charge in [-0.3, -0.25) is 4.79 Å². The van der Waals surface area contributed by atoms with Crippen LogP contribution in [0.2, 0.25) is 0 Å². The summed E-state index contributed by atoms with van der Waals surface area (Å²) in [6.07, 6.45) is 0. The highest BCUT2D eigenvalue weighted by Crippen LogP contribution is 2.24. The number of halogens is 2. The van der Waals surface area contributed by atoms with Gasteiger partial charge in [-0.25, -0.2) is 0 Å². The molecule has 0 fully saturated rings. The van der Waals surface area contributed by atoms with Gasteiger partial charge in [0, 0.05) is 27.7 Å². The largest absolute Gasteiger partial charge is 0.497 e. The summed E-state index contributed by atoms with van der Waals surface area (Å²) in [5, 5.41) is 2.83. The molecule has 1 amide bonds. The van der Waals surface area contributed by atoms with E-state index >= 15 is 0 Å². The molecule has 20 heavy (non-hydrogen) atoms. The van der Waals surface area contributed by atoms with E-state index in [2.05, 4.69) is 21.2 Å². The van der Waals surface area contributed by atoms with Crippen molar-refractivity contribution < 1.29 is 9.53 Å². The number of anilines is 1. The van der Waals surface area contributed by atoms with Crippen LogP contribution in [0.15, 0.2) is 46.9 Å². The Hall–Kier alpha value is -1.52. The van der Waals surface area contributed by atoms with Crippen molar-refractivity contribution >= 4 is 39.1 Å². The zero-order chi connectivity index (χ0) is 14.5. The molecule has 1 N–H and O–H groups in total. The Morgan fingerprint density at radius 2 is 1.95 bits per heavy atom. The summed E-state index contributed by atoms with van der Waals surface area (Å²) in [5.41, 5.74) is 2.23. The quantitative estimate of drug-likeness (QED) is 0.824. The van der Waals surface area contributed by atoms with E-state index in [1.807, 2.05) is 24.3 Å². The van der Waals surface area contributed by atoms with E-state index in [-0.39, 0.29) is 5.91 Å². The molecule has 0 aliphatic carbocycles. The minimum atomic E-state index is -0.175. The molecule has 0 spiro atoms. The highest BCUT2D eigenvalue weighted by molar-refractivity contribution is 9.10. The maximum absolute atomic E-state index is 12.1. The Bertz CT molecular complexity index is 614. The highest BCUT2D eigenvalue weighted by atomic mass is 79.9. The fourth-order valence-electron chi connectivity index (χ4n) is 1.70. The van der Waals surface area contributed by atoms with Gasteiger partial charge in [-0.1, -0.05) is 28.1 Å². The van der Waals surface area contributed by atoms with Crippen molar-refractivity contribution in [3.05, 3.63) is 58.1 Å². The number of alkyl halides is 1. The predicted molar refractivity (Wildman–Crippen MR) is 84.6 cm³/mol. The van der Waals surface area contributed by atoms with Gasteiger partial charge in [0.1, 0.15) is 5.75 Å². The predicted octanol–water partition coefficient (Wildman–Crippen LogP) is 4.45. The molecule has 0 aromatic heterocycles. The third-order valence-electron chi connectivity index (χ3n) is 2.74. The van der Waals surface area contributed by atoms with Crippen LogP contribution < -0.4 is 10.1 Å². The normalized spacial score (nSPS) is 10.2. The zero-order valence-electron chi connectivity index (χ0n) is 10.8. The van der Waals surface area contributed by atoms with Gasteiger partial charge >= 0.3 is 0 Å². The van der Waals surface area contributed by atoms with Crippen LogP contribution in [-0.2, 0) is 5.88 Å². The maximum atomic E-state index is 12.1. The second kappa shape index (κ2) is 6.77. The van der Waals surface area contributed by atoms with Crippen molar-refractivity contribution in [1.29, 1.82) is 0 Å². The molecular formula is C15H13BrClNO2. The van der Waals surface area contributed by atoms with Crippen LogP contribution in [0.3, 0.4) is 0 Å². The monoisotopic (exact) mass is 353 g/mol. The Kier molecular flexibility index (Phi) is 5.04. The highest BCUT2D eigenvalue weighted by Gasteiger charge is 2.07. The van der Waals surface area contributed by atoms with Crippen LogP contribution in [-0.4, -0.2) is 13.0 Å². The smallest absolute Gasteiger partial charge is 0.255 e. The van der Waals surface area contributed by atoms with Gasteiger partial charge in [0.15, 0.2) is 0 Å². The average Bonchev–Trinajstić information content (AvgIpc) is 2.46. The number of methoxy groups -OCH3 is 1. The van der Waals surface area contributed by atoms with Gasteiger partial charge < -0.3 is 10.1 Å². The number of hydrogen-bond donors (Lipinski definition) is 1. The molecule has 2 aromatic carbocycles. The molecule has 0 unspecified atom stereocenters. The summed E-state index contributed by atoms with van der Waals surface area (Å²) < 4.78 is 5.99. The fourth-order valence-corrected chi connectivity index (χ4v) is 2.35. The first-order valence-corrected chi connectivity index (χ1v) is 7.26. The number of hydrogen-bond acceptors (Lipinski definition) is 2. The van der Waals surface area contributed by atoms with Gasteiger partial charge in [-0.2, -0.15) is 0 Å². The summed E-state index contributed by atoms with van der Waals surface area (Å²) in [6, 6.07) is 12.6.